The number of β-amino-alcohol motifs (C(OH)–C–C–N with tert-alkyl or cyclic N) is 1. The van der Waals surface area contributed by atoms with Crippen LogP contribution >= 0.6 is 0 Å². The fourth-order valence-corrected chi connectivity index (χ4v) is 3.27. The summed E-state index contributed by atoms with van der Waals surface area (Å²) < 4.78 is 5.97. The number of hydrogen-bond donors (Lipinski definition) is 2. The highest BCUT2D eigenvalue weighted by Crippen LogP contribution is 2.31. The number of aliphatic hydroxyl groups is 1. The van der Waals surface area contributed by atoms with Crippen LogP contribution in [-0.4, -0.2) is 40.0 Å². The van der Waals surface area contributed by atoms with Crippen molar-refractivity contribution < 1.29 is 19.1 Å². The molecule has 0 bridgehead atoms. The first-order valence-corrected chi connectivity index (χ1v) is 8.90. The van der Waals surface area contributed by atoms with Crippen LogP contribution in [0.1, 0.15) is 11.1 Å². The van der Waals surface area contributed by atoms with Crippen molar-refractivity contribution in [2.45, 2.75) is 13.8 Å². The maximum atomic E-state index is 12.3. The molecule has 0 spiro atoms. The minimum atomic E-state index is -0.461. The zero-order valence-electron chi connectivity index (χ0n) is 15.5. The average molecular weight is 377 g/mol. The predicted octanol–water partition coefficient (Wildman–Crippen LogP) is 2.77. The summed E-state index contributed by atoms with van der Waals surface area (Å²) in [5.41, 5.74) is 4.98. The molecular weight excluding hydrogens is 358 g/mol. The summed E-state index contributed by atoms with van der Waals surface area (Å²) in [6.07, 6.45) is 1.24. The van der Waals surface area contributed by atoms with Gasteiger partial charge in [0.25, 0.3) is 11.8 Å². The number of nitrogens with zero attached hydrogens (tertiary/aromatic N) is 2. The van der Waals surface area contributed by atoms with E-state index >= 15 is 0 Å². The normalized spacial score (nSPS) is 14.1. The molecule has 0 saturated carbocycles. The van der Waals surface area contributed by atoms with Crippen molar-refractivity contribution >= 4 is 28.6 Å². The maximum absolute atomic E-state index is 12.3. The van der Waals surface area contributed by atoms with E-state index in [1.165, 1.54) is 6.08 Å². The number of anilines is 1. The second-order valence-corrected chi connectivity index (χ2v) is 6.68. The minimum Gasteiger partial charge on any atom is -0.436 e. The largest absolute Gasteiger partial charge is 0.436 e. The van der Waals surface area contributed by atoms with Gasteiger partial charge < -0.3 is 14.8 Å². The molecule has 0 fully saturated rings. The Hall–Kier alpha value is -3.45. The Bertz CT molecular complexity index is 1130. The summed E-state index contributed by atoms with van der Waals surface area (Å²) in [6.45, 7) is 3.59. The number of nitrogens with one attached hydrogen (secondary N) is 1. The van der Waals surface area contributed by atoms with Gasteiger partial charge in [-0.25, -0.2) is 4.98 Å². The van der Waals surface area contributed by atoms with Gasteiger partial charge in [-0.3, -0.25) is 14.5 Å². The van der Waals surface area contributed by atoms with Crippen molar-refractivity contribution in [1.29, 1.82) is 0 Å². The smallest absolute Gasteiger partial charge is 0.277 e. The molecule has 2 heterocycles. The number of aromatic nitrogens is 1. The molecule has 2 aromatic carbocycles. The van der Waals surface area contributed by atoms with E-state index in [0.29, 0.717) is 22.7 Å². The molecule has 0 aliphatic carbocycles. The third-order valence-corrected chi connectivity index (χ3v) is 4.66. The standard InChI is InChI=1S/C21H19N3O4/c1-12-5-3-4-6-15(12)20-23-16-10-14(9-13(2)19(16)28-20)22-17-11-18(26)24(7-8-25)21(17)27/h3-6,9-11,22,25H,7-8H2,1-2H3. The number of aryl methyl sites for hydroxylation is 2. The molecule has 7 nitrogen and oxygen atoms in total. The molecule has 0 unspecified atom stereocenters. The van der Waals surface area contributed by atoms with Crippen LogP contribution in [0.3, 0.4) is 0 Å². The summed E-state index contributed by atoms with van der Waals surface area (Å²) in [4.78, 5) is 29.8. The van der Waals surface area contributed by atoms with Crippen molar-refractivity contribution in [3.05, 3.63) is 59.3 Å². The van der Waals surface area contributed by atoms with E-state index in [9.17, 15) is 9.59 Å². The number of carbonyl (C=O) groups excluding carboxylic acids is 2. The van der Waals surface area contributed by atoms with Crippen LogP contribution in [0.4, 0.5) is 5.69 Å². The van der Waals surface area contributed by atoms with Crippen molar-refractivity contribution in [3.8, 4) is 11.5 Å². The Kier molecular flexibility index (Phi) is 4.44. The number of fused-ring (bicyclic) bond motifs is 1. The number of imide groups is 1. The number of hydrogen-bond acceptors (Lipinski definition) is 6. The molecule has 0 saturated heterocycles. The van der Waals surface area contributed by atoms with E-state index in [-0.39, 0.29) is 18.8 Å². The fourth-order valence-electron chi connectivity index (χ4n) is 3.27. The molecule has 1 aliphatic heterocycles. The molecule has 1 aromatic heterocycles. The molecule has 1 aliphatic rings. The summed E-state index contributed by atoms with van der Waals surface area (Å²) in [5, 5.41) is 12.0. The highest BCUT2D eigenvalue weighted by atomic mass is 16.3. The molecule has 3 aromatic rings. The Morgan fingerprint density at radius 1 is 1.14 bits per heavy atom. The molecule has 4 rings (SSSR count). The van der Waals surface area contributed by atoms with Gasteiger partial charge in [0, 0.05) is 17.3 Å². The quantitative estimate of drug-likeness (QED) is 0.664. The topological polar surface area (TPSA) is 95.7 Å². The van der Waals surface area contributed by atoms with Crippen molar-refractivity contribution in [3.63, 3.8) is 0 Å². The highest BCUT2D eigenvalue weighted by molar-refractivity contribution is 6.17. The summed E-state index contributed by atoms with van der Waals surface area (Å²) in [7, 11) is 0. The van der Waals surface area contributed by atoms with Crippen LogP contribution < -0.4 is 5.32 Å². The van der Waals surface area contributed by atoms with Gasteiger partial charge in [0.1, 0.15) is 11.2 Å². The van der Waals surface area contributed by atoms with Gasteiger partial charge in [0.15, 0.2) is 5.58 Å². The molecule has 28 heavy (non-hydrogen) atoms. The Balaban J connectivity index is 1.67. The monoisotopic (exact) mass is 377 g/mol. The maximum Gasteiger partial charge on any atom is 0.277 e. The SMILES string of the molecule is Cc1ccccc1-c1nc2cc(NC3=CC(=O)N(CCO)C3=O)cc(C)c2o1. The molecule has 2 amide bonds. The van der Waals surface area contributed by atoms with E-state index < -0.39 is 11.8 Å². The van der Waals surface area contributed by atoms with Crippen molar-refractivity contribution in [2.75, 3.05) is 18.5 Å². The number of benzene rings is 2. The first-order valence-electron chi connectivity index (χ1n) is 8.90. The van der Waals surface area contributed by atoms with Gasteiger partial charge in [-0.2, -0.15) is 0 Å². The first kappa shape index (κ1) is 17.9. The van der Waals surface area contributed by atoms with Gasteiger partial charge in [-0.05, 0) is 43.2 Å². The zero-order valence-corrected chi connectivity index (χ0v) is 15.5. The summed E-state index contributed by atoms with van der Waals surface area (Å²) in [6, 6.07) is 11.5. The lowest BCUT2D eigenvalue weighted by atomic mass is 10.1. The van der Waals surface area contributed by atoms with Crippen LogP contribution in [0.2, 0.25) is 0 Å². The number of oxazole rings is 1. The Labute approximate surface area is 161 Å². The number of carbonyl (C=O) groups is 2. The van der Waals surface area contributed by atoms with Crippen LogP contribution in [0.5, 0.6) is 0 Å². The molecule has 0 radical (unpaired) electrons. The van der Waals surface area contributed by atoms with Gasteiger partial charge in [0.2, 0.25) is 5.89 Å². The average Bonchev–Trinajstić information content (AvgIpc) is 3.19. The third-order valence-electron chi connectivity index (χ3n) is 4.66. The highest BCUT2D eigenvalue weighted by Gasteiger charge is 2.30. The molecule has 0 atom stereocenters. The molecule has 2 N–H and O–H groups in total. The summed E-state index contributed by atoms with van der Waals surface area (Å²) in [5.74, 6) is -0.367. The number of rotatable bonds is 5. The lowest BCUT2D eigenvalue weighted by Crippen LogP contribution is -2.34. The number of aliphatic hydroxyl groups excluding tert-OH is 1. The predicted molar refractivity (Wildman–Crippen MR) is 104 cm³/mol. The molecule has 7 heteroatoms. The minimum absolute atomic E-state index is 0.0273. The van der Waals surface area contributed by atoms with Gasteiger partial charge in [-0.1, -0.05) is 18.2 Å². The lowest BCUT2D eigenvalue weighted by molar-refractivity contribution is -0.137. The van der Waals surface area contributed by atoms with Crippen LogP contribution in [0.25, 0.3) is 22.6 Å². The van der Waals surface area contributed by atoms with Crippen LogP contribution in [-0.2, 0) is 9.59 Å². The lowest BCUT2D eigenvalue weighted by Gasteiger charge is -2.13. The molecular formula is C21H19N3O4. The third kappa shape index (κ3) is 3.05. The van der Waals surface area contributed by atoms with E-state index in [0.717, 1.165) is 21.6 Å². The van der Waals surface area contributed by atoms with E-state index in [4.69, 9.17) is 9.52 Å². The van der Waals surface area contributed by atoms with Gasteiger partial charge >= 0.3 is 0 Å². The van der Waals surface area contributed by atoms with Crippen molar-refractivity contribution in [1.82, 2.24) is 9.88 Å². The van der Waals surface area contributed by atoms with E-state index in [1.807, 2.05) is 44.2 Å². The summed E-state index contributed by atoms with van der Waals surface area (Å²) >= 11 is 0. The Morgan fingerprint density at radius 2 is 1.93 bits per heavy atom. The fraction of sp³-hybridized carbons (Fsp3) is 0.190. The molecule has 142 valence electrons. The number of amides is 2. The van der Waals surface area contributed by atoms with E-state index in [2.05, 4.69) is 10.3 Å². The second-order valence-electron chi connectivity index (χ2n) is 6.68. The Morgan fingerprint density at radius 3 is 2.68 bits per heavy atom. The second kappa shape index (κ2) is 6.94. The van der Waals surface area contributed by atoms with Crippen LogP contribution in [0, 0.1) is 13.8 Å². The van der Waals surface area contributed by atoms with Crippen LogP contribution in [0.15, 0.2) is 52.6 Å². The van der Waals surface area contributed by atoms with E-state index in [1.54, 1.807) is 6.07 Å². The zero-order chi connectivity index (χ0) is 19.8. The van der Waals surface area contributed by atoms with Gasteiger partial charge in [0.05, 0.1) is 13.2 Å². The first-order chi connectivity index (χ1) is 13.5. The van der Waals surface area contributed by atoms with Crippen molar-refractivity contribution in [2.24, 2.45) is 0 Å². The van der Waals surface area contributed by atoms with Gasteiger partial charge in [-0.15, -0.1) is 0 Å².